The van der Waals surface area contributed by atoms with E-state index in [0.29, 0.717) is 11.3 Å². The molecule has 1 heterocycles. The summed E-state index contributed by atoms with van der Waals surface area (Å²) in [6, 6.07) is 13.4. The molecule has 0 radical (unpaired) electrons. The molecule has 1 atom stereocenters. The van der Waals surface area contributed by atoms with Gasteiger partial charge in [-0.05, 0) is 43.2 Å². The van der Waals surface area contributed by atoms with Gasteiger partial charge < -0.3 is 10.1 Å². The fourth-order valence-electron chi connectivity index (χ4n) is 3.05. The number of rotatable bonds is 5. The maximum Gasteiger partial charge on any atom is 0.225 e. The number of amides is 1. The fourth-order valence-corrected chi connectivity index (χ4v) is 4.17. The molecule has 5 heteroatoms. The average Bonchev–Trinajstić information content (AvgIpc) is 2.62. The highest BCUT2D eigenvalue weighted by Gasteiger charge is 2.22. The van der Waals surface area contributed by atoms with Gasteiger partial charge in [-0.3, -0.25) is 9.59 Å². The van der Waals surface area contributed by atoms with Crippen molar-refractivity contribution in [3.05, 3.63) is 59.2 Å². The highest BCUT2D eigenvalue weighted by molar-refractivity contribution is 7.99. The molecule has 1 aliphatic heterocycles. The number of benzene rings is 2. The number of carbonyl (C=O) groups is 2. The van der Waals surface area contributed by atoms with Crippen LogP contribution in [0.2, 0.25) is 0 Å². The summed E-state index contributed by atoms with van der Waals surface area (Å²) in [5, 5.41) is 3.13. The minimum absolute atomic E-state index is 0.0254. The summed E-state index contributed by atoms with van der Waals surface area (Å²) >= 11 is 1.83. The number of carbonyl (C=O) groups excluding carboxylic acids is 2. The third-order valence-corrected chi connectivity index (χ3v) is 5.45. The molecule has 0 saturated heterocycles. The molecule has 0 saturated carbocycles. The molecule has 0 spiro atoms. The summed E-state index contributed by atoms with van der Waals surface area (Å²) in [7, 11) is 1.57. The van der Waals surface area contributed by atoms with Gasteiger partial charge in [-0.2, -0.15) is 0 Å². The van der Waals surface area contributed by atoms with Crippen LogP contribution in [0.4, 0.5) is 0 Å². The molecule has 1 amide bonds. The van der Waals surface area contributed by atoms with E-state index in [9.17, 15) is 9.59 Å². The van der Waals surface area contributed by atoms with Gasteiger partial charge in [-0.1, -0.05) is 18.2 Å². The smallest absolute Gasteiger partial charge is 0.225 e. The van der Waals surface area contributed by atoms with E-state index in [2.05, 4.69) is 17.4 Å². The van der Waals surface area contributed by atoms with Crippen molar-refractivity contribution in [2.45, 2.75) is 30.7 Å². The molecule has 1 N–H and O–H groups in total. The van der Waals surface area contributed by atoms with Crippen LogP contribution in [0.5, 0.6) is 5.75 Å². The van der Waals surface area contributed by atoms with Crippen LogP contribution >= 0.6 is 11.8 Å². The SMILES string of the molecule is COc1ccc(C(C)=O)cc1CC(=O)NC1CCSc2ccccc21. The molecule has 4 nitrogen and oxygen atoms in total. The Bertz CT molecular complexity index is 803. The number of nitrogens with one attached hydrogen (secondary N) is 1. The van der Waals surface area contributed by atoms with Gasteiger partial charge >= 0.3 is 0 Å². The van der Waals surface area contributed by atoms with E-state index in [-0.39, 0.29) is 24.2 Å². The first-order valence-corrected chi connectivity index (χ1v) is 9.26. The molecule has 0 aliphatic carbocycles. The Hall–Kier alpha value is -2.27. The fraction of sp³-hybridized carbons (Fsp3) is 0.300. The number of ether oxygens (including phenoxy) is 1. The molecule has 0 fully saturated rings. The van der Waals surface area contributed by atoms with E-state index in [1.807, 2.05) is 23.9 Å². The van der Waals surface area contributed by atoms with Gasteiger partial charge in [-0.15, -0.1) is 11.8 Å². The maximum atomic E-state index is 12.6. The zero-order valence-electron chi connectivity index (χ0n) is 14.4. The molecule has 0 aromatic heterocycles. The second-order valence-electron chi connectivity index (χ2n) is 6.05. The van der Waals surface area contributed by atoms with Crippen molar-refractivity contribution in [3.63, 3.8) is 0 Å². The second kappa shape index (κ2) is 7.74. The normalized spacial score (nSPS) is 16.0. The highest BCUT2D eigenvalue weighted by atomic mass is 32.2. The molecule has 2 aromatic carbocycles. The van der Waals surface area contributed by atoms with Crippen LogP contribution < -0.4 is 10.1 Å². The van der Waals surface area contributed by atoms with E-state index < -0.39 is 0 Å². The minimum atomic E-state index is -0.0642. The average molecular weight is 355 g/mol. The lowest BCUT2D eigenvalue weighted by Crippen LogP contribution is -2.31. The van der Waals surface area contributed by atoms with Crippen molar-refractivity contribution in [2.24, 2.45) is 0 Å². The minimum Gasteiger partial charge on any atom is -0.496 e. The number of Topliss-reactive ketones (excluding diaryl/α,β-unsaturated/α-hetero) is 1. The second-order valence-corrected chi connectivity index (χ2v) is 7.19. The van der Waals surface area contributed by atoms with Crippen LogP contribution in [0, 0.1) is 0 Å². The molecule has 3 rings (SSSR count). The first-order valence-electron chi connectivity index (χ1n) is 8.27. The largest absolute Gasteiger partial charge is 0.496 e. The lowest BCUT2D eigenvalue weighted by molar-refractivity contribution is -0.121. The van der Waals surface area contributed by atoms with Gasteiger partial charge in [0.25, 0.3) is 0 Å². The van der Waals surface area contributed by atoms with Crippen LogP contribution in [0.3, 0.4) is 0 Å². The third-order valence-electron chi connectivity index (χ3n) is 4.33. The quantitative estimate of drug-likeness (QED) is 0.829. The molecule has 130 valence electrons. The van der Waals surface area contributed by atoms with Gasteiger partial charge in [0.2, 0.25) is 5.91 Å². The van der Waals surface area contributed by atoms with Gasteiger partial charge in [-0.25, -0.2) is 0 Å². The van der Waals surface area contributed by atoms with Crippen molar-refractivity contribution in [1.29, 1.82) is 0 Å². The van der Waals surface area contributed by atoms with E-state index >= 15 is 0 Å². The first kappa shape index (κ1) is 17.5. The molecular weight excluding hydrogens is 334 g/mol. The molecule has 2 aromatic rings. The van der Waals surface area contributed by atoms with Gasteiger partial charge in [0.15, 0.2) is 5.78 Å². The van der Waals surface area contributed by atoms with Gasteiger partial charge in [0, 0.05) is 21.8 Å². The first-order chi connectivity index (χ1) is 12.1. The Balaban J connectivity index is 1.75. The number of methoxy groups -OCH3 is 1. The number of hydrogen-bond acceptors (Lipinski definition) is 4. The zero-order valence-corrected chi connectivity index (χ0v) is 15.2. The number of hydrogen-bond donors (Lipinski definition) is 1. The van der Waals surface area contributed by atoms with E-state index in [4.69, 9.17) is 4.74 Å². The number of thioether (sulfide) groups is 1. The molecule has 25 heavy (non-hydrogen) atoms. The predicted octanol–water partition coefficient (Wildman–Crippen LogP) is 3.79. The zero-order chi connectivity index (χ0) is 17.8. The van der Waals surface area contributed by atoms with Crippen LogP contribution in [-0.4, -0.2) is 24.6 Å². The van der Waals surface area contributed by atoms with Gasteiger partial charge in [0.1, 0.15) is 5.75 Å². The standard InChI is InChI=1S/C20H21NO3S/c1-13(22)14-7-8-18(24-2)15(11-14)12-20(23)21-17-9-10-25-19-6-4-3-5-16(17)19/h3-8,11,17H,9-10,12H2,1-2H3,(H,21,23). The van der Waals surface area contributed by atoms with E-state index in [0.717, 1.165) is 17.7 Å². The summed E-state index contributed by atoms with van der Waals surface area (Å²) in [6.45, 7) is 1.52. The Morgan fingerprint density at radius 1 is 1.24 bits per heavy atom. The summed E-state index contributed by atoms with van der Waals surface area (Å²) < 4.78 is 5.33. The van der Waals surface area contributed by atoms with E-state index in [1.54, 1.807) is 25.3 Å². The number of fused-ring (bicyclic) bond motifs is 1. The van der Waals surface area contributed by atoms with Gasteiger partial charge in [0.05, 0.1) is 19.6 Å². The summed E-state index contributed by atoms with van der Waals surface area (Å²) in [5.41, 5.74) is 2.49. The van der Waals surface area contributed by atoms with Crippen LogP contribution in [0.25, 0.3) is 0 Å². The lowest BCUT2D eigenvalue weighted by Gasteiger charge is -2.26. The maximum absolute atomic E-state index is 12.6. The number of ketones is 1. The summed E-state index contributed by atoms with van der Waals surface area (Å²) in [5.74, 6) is 1.53. The monoisotopic (exact) mass is 355 g/mol. The Kier molecular flexibility index (Phi) is 5.43. The van der Waals surface area contributed by atoms with Crippen molar-refractivity contribution >= 4 is 23.5 Å². The van der Waals surface area contributed by atoms with Crippen molar-refractivity contribution in [2.75, 3.05) is 12.9 Å². The third kappa shape index (κ3) is 4.04. The van der Waals surface area contributed by atoms with Crippen molar-refractivity contribution in [1.82, 2.24) is 5.32 Å². The van der Waals surface area contributed by atoms with Crippen LogP contribution in [-0.2, 0) is 11.2 Å². The molecule has 1 aliphatic rings. The molecular formula is C20H21NO3S. The van der Waals surface area contributed by atoms with Crippen LogP contribution in [0.1, 0.15) is 40.9 Å². The Labute approximate surface area is 152 Å². The summed E-state index contributed by atoms with van der Waals surface area (Å²) in [4.78, 5) is 25.4. The van der Waals surface area contributed by atoms with Crippen molar-refractivity contribution in [3.8, 4) is 5.75 Å². The predicted molar refractivity (Wildman–Crippen MR) is 99.4 cm³/mol. The Morgan fingerprint density at radius 2 is 2.04 bits per heavy atom. The highest BCUT2D eigenvalue weighted by Crippen LogP contribution is 2.35. The Morgan fingerprint density at radius 3 is 2.80 bits per heavy atom. The van der Waals surface area contributed by atoms with E-state index in [1.165, 1.54) is 17.4 Å². The lowest BCUT2D eigenvalue weighted by atomic mass is 10.0. The topological polar surface area (TPSA) is 55.4 Å². The summed E-state index contributed by atoms with van der Waals surface area (Å²) in [6.07, 6.45) is 1.11. The molecule has 0 bridgehead atoms. The van der Waals surface area contributed by atoms with Crippen LogP contribution in [0.15, 0.2) is 47.4 Å². The molecule has 1 unspecified atom stereocenters. The van der Waals surface area contributed by atoms with Crippen molar-refractivity contribution < 1.29 is 14.3 Å².